The molecule has 5 fully saturated rings. The molecular formula is C21H26ClFN4O4. The average molecular weight is 453 g/mol. The summed E-state index contributed by atoms with van der Waals surface area (Å²) in [4.78, 5) is 24.5. The van der Waals surface area contributed by atoms with Crippen LogP contribution in [0.25, 0.3) is 0 Å². The van der Waals surface area contributed by atoms with Crippen molar-refractivity contribution in [3.63, 3.8) is 0 Å². The maximum Gasteiger partial charge on any atom is 0.258 e. The molecule has 1 aromatic carbocycles. The van der Waals surface area contributed by atoms with Gasteiger partial charge in [-0.2, -0.15) is 0 Å². The molecule has 168 valence electrons. The van der Waals surface area contributed by atoms with Crippen LogP contribution in [0.4, 0.5) is 4.39 Å². The predicted molar refractivity (Wildman–Crippen MR) is 110 cm³/mol. The number of nitrogens with one attached hydrogen (secondary N) is 3. The highest BCUT2D eigenvalue weighted by atomic mass is 35.5. The van der Waals surface area contributed by atoms with Gasteiger partial charge in [-0.3, -0.25) is 15.0 Å². The lowest BCUT2D eigenvalue weighted by molar-refractivity contribution is -0.155. The fraction of sp³-hybridized carbons (Fsp3) is 0.619. The van der Waals surface area contributed by atoms with Crippen molar-refractivity contribution < 1.29 is 23.5 Å². The Labute approximate surface area is 184 Å². The molecule has 1 aliphatic heterocycles. The minimum Gasteiger partial charge on any atom is -0.484 e. The number of rotatable bonds is 9. The maximum absolute atomic E-state index is 13.4. The first-order chi connectivity index (χ1) is 14.9. The average Bonchev–Trinajstić information content (AvgIpc) is 3.42. The van der Waals surface area contributed by atoms with Gasteiger partial charge >= 0.3 is 0 Å². The third-order valence-electron chi connectivity index (χ3n) is 6.44. The van der Waals surface area contributed by atoms with E-state index in [1.54, 1.807) is 0 Å². The van der Waals surface area contributed by atoms with E-state index in [9.17, 15) is 14.0 Å². The number of amides is 2. The standard InChI is InChI=1S/C21H26ClFN4O4/c22-15-4-3-14(7-16(15)23)30-8-17(28)25-20-10-21(11-20,12-20)26-18(29)9-31-19-5-6-24-27(19)13-1-2-13/h3-4,7,13,19,24H,1-2,5-6,8-12H2,(H,25,28)(H,26,29). The van der Waals surface area contributed by atoms with Crippen LogP contribution in [0.2, 0.25) is 5.02 Å². The first-order valence-corrected chi connectivity index (χ1v) is 11.1. The second-order valence-corrected chi connectivity index (χ2v) is 9.56. The molecule has 1 aromatic rings. The van der Waals surface area contributed by atoms with Crippen LogP contribution in [-0.2, 0) is 14.3 Å². The van der Waals surface area contributed by atoms with E-state index in [2.05, 4.69) is 21.1 Å². The van der Waals surface area contributed by atoms with Crippen molar-refractivity contribution in [1.82, 2.24) is 21.1 Å². The number of carbonyl (C=O) groups is 2. The zero-order chi connectivity index (χ0) is 21.6. The summed E-state index contributed by atoms with van der Waals surface area (Å²) in [6.45, 7) is 0.719. The SMILES string of the molecule is O=C(COc1ccc(Cl)c(F)c1)NC12CC(NC(=O)COC3CCNN3C3CC3)(C1)C2. The third-order valence-corrected chi connectivity index (χ3v) is 6.75. The Morgan fingerprint density at radius 3 is 2.45 bits per heavy atom. The summed E-state index contributed by atoms with van der Waals surface area (Å²) in [5.41, 5.74) is 2.80. The van der Waals surface area contributed by atoms with Gasteiger partial charge in [0.15, 0.2) is 6.61 Å². The zero-order valence-corrected chi connectivity index (χ0v) is 17.8. The summed E-state index contributed by atoms with van der Waals surface area (Å²) in [5.74, 6) is -0.733. The Morgan fingerprint density at radius 2 is 1.81 bits per heavy atom. The van der Waals surface area contributed by atoms with Crippen molar-refractivity contribution in [2.75, 3.05) is 19.8 Å². The summed E-state index contributed by atoms with van der Waals surface area (Å²) in [6, 6.07) is 4.58. The molecule has 1 saturated heterocycles. The Hall–Kier alpha value is -1.94. The summed E-state index contributed by atoms with van der Waals surface area (Å²) < 4.78 is 24.6. The number of hydrogen-bond acceptors (Lipinski definition) is 6. The van der Waals surface area contributed by atoms with Crippen molar-refractivity contribution in [2.45, 2.75) is 61.9 Å². The van der Waals surface area contributed by atoms with Gasteiger partial charge in [-0.25, -0.2) is 9.40 Å². The molecule has 4 aliphatic carbocycles. The molecule has 1 heterocycles. The van der Waals surface area contributed by atoms with Gasteiger partial charge in [0.05, 0.1) is 5.02 Å². The van der Waals surface area contributed by atoms with Crippen LogP contribution in [0.15, 0.2) is 18.2 Å². The number of ether oxygens (including phenoxy) is 2. The molecule has 10 heteroatoms. The van der Waals surface area contributed by atoms with Crippen LogP contribution in [0.1, 0.15) is 38.5 Å². The monoisotopic (exact) mass is 452 g/mol. The van der Waals surface area contributed by atoms with E-state index in [1.807, 2.05) is 0 Å². The van der Waals surface area contributed by atoms with Crippen LogP contribution < -0.4 is 20.8 Å². The van der Waals surface area contributed by atoms with E-state index in [4.69, 9.17) is 21.1 Å². The Morgan fingerprint density at radius 1 is 1.13 bits per heavy atom. The van der Waals surface area contributed by atoms with Crippen molar-refractivity contribution >= 4 is 23.4 Å². The molecule has 2 amide bonds. The highest BCUT2D eigenvalue weighted by Gasteiger charge is 2.69. The largest absolute Gasteiger partial charge is 0.484 e. The number of halogens is 2. The summed E-state index contributed by atoms with van der Waals surface area (Å²) in [5, 5.41) is 8.19. The lowest BCUT2D eigenvalue weighted by atomic mass is 9.44. The Balaban J connectivity index is 1.01. The summed E-state index contributed by atoms with van der Waals surface area (Å²) in [7, 11) is 0. The quantitative estimate of drug-likeness (QED) is 0.525. The molecule has 4 saturated carbocycles. The van der Waals surface area contributed by atoms with Gasteiger partial charge in [-0.05, 0) is 44.2 Å². The van der Waals surface area contributed by atoms with E-state index in [-0.39, 0.29) is 53.1 Å². The molecule has 0 spiro atoms. The van der Waals surface area contributed by atoms with Crippen LogP contribution in [0.5, 0.6) is 5.75 Å². The van der Waals surface area contributed by atoms with Crippen LogP contribution in [0.3, 0.4) is 0 Å². The van der Waals surface area contributed by atoms with Crippen molar-refractivity contribution in [2.24, 2.45) is 0 Å². The number of hydrazine groups is 1. The lowest BCUT2D eigenvalue weighted by Crippen LogP contribution is -2.84. The lowest BCUT2D eigenvalue weighted by Gasteiger charge is -2.70. The highest BCUT2D eigenvalue weighted by molar-refractivity contribution is 6.30. The summed E-state index contributed by atoms with van der Waals surface area (Å²) >= 11 is 5.63. The molecule has 31 heavy (non-hydrogen) atoms. The molecule has 6 rings (SSSR count). The first kappa shape index (κ1) is 20.9. The Kier molecular flexibility index (Phi) is 5.32. The molecule has 8 nitrogen and oxygen atoms in total. The van der Waals surface area contributed by atoms with E-state index >= 15 is 0 Å². The second kappa shape index (κ2) is 7.88. The predicted octanol–water partition coefficient (Wildman–Crippen LogP) is 1.48. The van der Waals surface area contributed by atoms with Crippen molar-refractivity contribution in [1.29, 1.82) is 0 Å². The van der Waals surface area contributed by atoms with Gasteiger partial charge < -0.3 is 20.1 Å². The number of nitrogens with zero attached hydrogens (tertiary/aromatic N) is 1. The van der Waals surface area contributed by atoms with Gasteiger partial charge in [0, 0.05) is 36.2 Å². The molecular weight excluding hydrogens is 427 g/mol. The minimum absolute atomic E-state index is 0.00330. The van der Waals surface area contributed by atoms with Crippen LogP contribution in [-0.4, -0.2) is 59.9 Å². The van der Waals surface area contributed by atoms with Crippen molar-refractivity contribution in [3.8, 4) is 5.75 Å². The molecule has 0 radical (unpaired) electrons. The number of hydrogen-bond donors (Lipinski definition) is 3. The van der Waals surface area contributed by atoms with E-state index in [1.165, 1.54) is 25.0 Å². The van der Waals surface area contributed by atoms with Gasteiger partial charge in [0.2, 0.25) is 5.91 Å². The van der Waals surface area contributed by atoms with Crippen LogP contribution >= 0.6 is 11.6 Å². The maximum atomic E-state index is 13.4. The van der Waals surface area contributed by atoms with Crippen molar-refractivity contribution in [3.05, 3.63) is 29.0 Å². The fourth-order valence-electron chi connectivity index (χ4n) is 5.04. The van der Waals surface area contributed by atoms with Gasteiger partial charge in [-0.1, -0.05) is 11.6 Å². The number of carbonyl (C=O) groups excluding carboxylic acids is 2. The number of benzene rings is 1. The molecule has 3 N–H and O–H groups in total. The van der Waals surface area contributed by atoms with Gasteiger partial charge in [0.1, 0.15) is 24.4 Å². The molecule has 5 aliphatic rings. The zero-order valence-electron chi connectivity index (χ0n) is 17.1. The smallest absolute Gasteiger partial charge is 0.258 e. The normalized spacial score (nSPS) is 31.5. The molecule has 1 unspecified atom stereocenters. The fourth-order valence-corrected chi connectivity index (χ4v) is 5.16. The van der Waals surface area contributed by atoms with Crippen LogP contribution in [0, 0.1) is 5.82 Å². The van der Waals surface area contributed by atoms with Gasteiger partial charge in [-0.15, -0.1) is 0 Å². The van der Waals surface area contributed by atoms with E-state index in [0.29, 0.717) is 25.3 Å². The second-order valence-electron chi connectivity index (χ2n) is 9.15. The van der Waals surface area contributed by atoms with E-state index < -0.39 is 5.82 Å². The molecule has 2 bridgehead atoms. The molecule has 0 aromatic heterocycles. The van der Waals surface area contributed by atoms with Gasteiger partial charge in [0.25, 0.3) is 5.91 Å². The van der Waals surface area contributed by atoms with E-state index in [0.717, 1.165) is 19.0 Å². The topological polar surface area (TPSA) is 91.9 Å². The Bertz CT molecular complexity index is 876. The third kappa shape index (κ3) is 4.37. The summed E-state index contributed by atoms with van der Waals surface area (Å²) in [6.07, 6.45) is 5.31. The minimum atomic E-state index is -0.592. The molecule has 1 atom stereocenters. The first-order valence-electron chi connectivity index (χ1n) is 10.7. The highest BCUT2D eigenvalue weighted by Crippen LogP contribution is 2.60.